The summed E-state index contributed by atoms with van der Waals surface area (Å²) in [5, 5.41) is 8.94. The maximum atomic E-state index is 12.4. The lowest BCUT2D eigenvalue weighted by atomic mass is 9.88. The number of hydrogen-bond acceptors (Lipinski definition) is 4. The Morgan fingerprint density at radius 2 is 2.25 bits per heavy atom. The van der Waals surface area contributed by atoms with Crippen molar-refractivity contribution < 1.29 is 4.79 Å². The van der Waals surface area contributed by atoms with Crippen molar-refractivity contribution in [2.75, 3.05) is 13.1 Å². The molecule has 0 aromatic heterocycles. The van der Waals surface area contributed by atoms with Gasteiger partial charge in [0.15, 0.2) is 5.78 Å². The molecule has 0 amide bonds. The SMILES string of the molecule is N#CC[C@H]1C[C@@H](N)CCC=C1C(=O)/C=C/N1CCCC1. The smallest absolute Gasteiger partial charge is 0.183 e. The Hall–Kier alpha value is -1.60. The predicted molar refractivity (Wildman–Crippen MR) is 78.6 cm³/mol. The molecule has 0 unspecified atom stereocenters. The summed E-state index contributed by atoms with van der Waals surface area (Å²) < 4.78 is 0. The summed E-state index contributed by atoms with van der Waals surface area (Å²) >= 11 is 0. The Morgan fingerprint density at radius 3 is 2.95 bits per heavy atom. The van der Waals surface area contributed by atoms with Gasteiger partial charge in [-0.15, -0.1) is 0 Å². The second kappa shape index (κ2) is 7.25. The summed E-state index contributed by atoms with van der Waals surface area (Å²) in [5.41, 5.74) is 6.80. The molecule has 2 aliphatic rings. The van der Waals surface area contributed by atoms with E-state index in [1.807, 2.05) is 12.3 Å². The van der Waals surface area contributed by atoms with E-state index < -0.39 is 0 Å². The van der Waals surface area contributed by atoms with Gasteiger partial charge in [0.1, 0.15) is 0 Å². The third-order valence-corrected chi connectivity index (χ3v) is 4.13. The first-order valence-corrected chi connectivity index (χ1v) is 7.50. The molecule has 108 valence electrons. The topological polar surface area (TPSA) is 70.1 Å². The number of nitrogens with zero attached hydrogens (tertiary/aromatic N) is 2. The Labute approximate surface area is 120 Å². The Kier molecular flexibility index (Phi) is 5.37. The van der Waals surface area contributed by atoms with Gasteiger partial charge in [0.05, 0.1) is 6.07 Å². The Balaban J connectivity index is 2.04. The number of likely N-dealkylation sites (tertiary alicyclic amines) is 1. The van der Waals surface area contributed by atoms with E-state index >= 15 is 0 Å². The average molecular weight is 273 g/mol. The number of ketones is 1. The first-order chi connectivity index (χ1) is 9.70. The van der Waals surface area contributed by atoms with Crippen LogP contribution in [-0.4, -0.2) is 29.8 Å². The number of nitriles is 1. The normalized spacial score (nSPS) is 27.2. The molecular formula is C16H23N3O. The molecule has 2 atom stereocenters. The van der Waals surface area contributed by atoms with Crippen LogP contribution in [0.15, 0.2) is 23.9 Å². The maximum Gasteiger partial charge on any atom is 0.183 e. The number of carbonyl (C=O) groups is 1. The van der Waals surface area contributed by atoms with Crippen molar-refractivity contribution in [3.05, 3.63) is 23.9 Å². The van der Waals surface area contributed by atoms with Crippen LogP contribution in [0.1, 0.15) is 38.5 Å². The molecule has 1 aliphatic heterocycles. The summed E-state index contributed by atoms with van der Waals surface area (Å²) in [6.45, 7) is 2.07. The number of nitrogens with two attached hydrogens (primary N) is 1. The number of allylic oxidation sites excluding steroid dienone is 3. The second-order valence-electron chi connectivity index (χ2n) is 5.71. The minimum Gasteiger partial charge on any atom is -0.377 e. The van der Waals surface area contributed by atoms with Gasteiger partial charge < -0.3 is 10.6 Å². The lowest BCUT2D eigenvalue weighted by Gasteiger charge is -2.17. The van der Waals surface area contributed by atoms with Crippen LogP contribution in [0.4, 0.5) is 0 Å². The lowest BCUT2D eigenvalue weighted by Crippen LogP contribution is -2.23. The van der Waals surface area contributed by atoms with Crippen LogP contribution in [0.2, 0.25) is 0 Å². The fraction of sp³-hybridized carbons (Fsp3) is 0.625. The third kappa shape index (κ3) is 3.94. The highest BCUT2D eigenvalue weighted by Gasteiger charge is 2.24. The molecule has 2 N–H and O–H groups in total. The molecular weight excluding hydrogens is 250 g/mol. The molecule has 4 nitrogen and oxygen atoms in total. The van der Waals surface area contributed by atoms with Gasteiger partial charge in [0.25, 0.3) is 0 Å². The predicted octanol–water partition coefficient (Wildman–Crippen LogP) is 2.13. The molecule has 0 spiro atoms. The van der Waals surface area contributed by atoms with Crippen molar-refractivity contribution in [2.45, 2.75) is 44.6 Å². The molecule has 0 radical (unpaired) electrons. The van der Waals surface area contributed by atoms with E-state index in [2.05, 4.69) is 11.0 Å². The molecule has 1 fully saturated rings. The van der Waals surface area contributed by atoms with Crippen LogP contribution in [0, 0.1) is 17.2 Å². The molecule has 20 heavy (non-hydrogen) atoms. The Morgan fingerprint density at radius 1 is 1.50 bits per heavy atom. The van der Waals surface area contributed by atoms with Crippen molar-refractivity contribution in [2.24, 2.45) is 11.7 Å². The van der Waals surface area contributed by atoms with Crippen molar-refractivity contribution in [3.63, 3.8) is 0 Å². The molecule has 1 saturated heterocycles. The van der Waals surface area contributed by atoms with Crippen molar-refractivity contribution in [1.29, 1.82) is 5.26 Å². The molecule has 0 aromatic carbocycles. The van der Waals surface area contributed by atoms with Gasteiger partial charge in [-0.2, -0.15) is 5.26 Å². The van der Waals surface area contributed by atoms with E-state index in [4.69, 9.17) is 11.0 Å². The molecule has 4 heteroatoms. The second-order valence-corrected chi connectivity index (χ2v) is 5.71. The quantitative estimate of drug-likeness (QED) is 0.797. The maximum absolute atomic E-state index is 12.4. The zero-order valence-electron chi connectivity index (χ0n) is 11.9. The van der Waals surface area contributed by atoms with Crippen molar-refractivity contribution >= 4 is 5.78 Å². The summed E-state index contributed by atoms with van der Waals surface area (Å²) in [7, 11) is 0. The van der Waals surface area contributed by atoms with Crippen LogP contribution in [0.3, 0.4) is 0 Å². The van der Waals surface area contributed by atoms with Crippen molar-refractivity contribution in [1.82, 2.24) is 4.90 Å². The first-order valence-electron chi connectivity index (χ1n) is 7.50. The fourth-order valence-corrected chi connectivity index (χ4v) is 3.00. The molecule has 2 rings (SSSR count). The van der Waals surface area contributed by atoms with Gasteiger partial charge in [-0.25, -0.2) is 0 Å². The van der Waals surface area contributed by atoms with Crippen LogP contribution in [0.25, 0.3) is 0 Å². The van der Waals surface area contributed by atoms with Crippen LogP contribution >= 0.6 is 0 Å². The van der Waals surface area contributed by atoms with Gasteiger partial charge in [0.2, 0.25) is 0 Å². The van der Waals surface area contributed by atoms with E-state index in [1.165, 1.54) is 12.8 Å². The minimum atomic E-state index is -0.00627. The monoisotopic (exact) mass is 273 g/mol. The summed E-state index contributed by atoms with van der Waals surface area (Å²) in [5.74, 6) is 0.0412. The van der Waals surface area contributed by atoms with Gasteiger partial charge in [-0.1, -0.05) is 6.08 Å². The highest BCUT2D eigenvalue weighted by Crippen LogP contribution is 2.27. The average Bonchev–Trinajstić information content (AvgIpc) is 2.87. The third-order valence-electron chi connectivity index (χ3n) is 4.13. The molecule has 1 heterocycles. The summed E-state index contributed by atoms with van der Waals surface area (Å²) in [6.07, 6.45) is 10.8. The van der Waals surface area contributed by atoms with Crippen LogP contribution in [0.5, 0.6) is 0 Å². The van der Waals surface area contributed by atoms with Gasteiger partial charge in [-0.05, 0) is 37.7 Å². The highest BCUT2D eigenvalue weighted by atomic mass is 16.1. The Bertz CT molecular complexity index is 441. The number of carbonyl (C=O) groups excluding carboxylic acids is 1. The first kappa shape index (κ1) is 14.8. The zero-order chi connectivity index (χ0) is 14.4. The van der Waals surface area contributed by atoms with E-state index in [1.54, 1.807) is 6.08 Å². The molecule has 0 saturated carbocycles. The van der Waals surface area contributed by atoms with Gasteiger partial charge in [0, 0.05) is 43.7 Å². The van der Waals surface area contributed by atoms with E-state index in [9.17, 15) is 4.79 Å². The van der Waals surface area contributed by atoms with Crippen LogP contribution < -0.4 is 5.73 Å². The van der Waals surface area contributed by atoms with E-state index in [-0.39, 0.29) is 17.7 Å². The minimum absolute atomic E-state index is 0.00627. The fourth-order valence-electron chi connectivity index (χ4n) is 3.00. The standard InChI is InChI=1S/C16H23N3O/c17-8-6-13-12-14(18)4-3-5-15(13)16(20)7-11-19-9-1-2-10-19/h5,7,11,13-14H,1-4,6,9-10,12,18H2/b11-7+/t13-,14-/m0/s1. The number of rotatable bonds is 4. The van der Waals surface area contributed by atoms with Gasteiger partial charge >= 0.3 is 0 Å². The number of hydrogen-bond donors (Lipinski definition) is 1. The lowest BCUT2D eigenvalue weighted by molar-refractivity contribution is -0.111. The van der Waals surface area contributed by atoms with Crippen LogP contribution in [-0.2, 0) is 4.79 Å². The van der Waals surface area contributed by atoms with Gasteiger partial charge in [-0.3, -0.25) is 4.79 Å². The molecule has 1 aliphatic carbocycles. The van der Waals surface area contributed by atoms with E-state index in [0.717, 1.165) is 37.9 Å². The van der Waals surface area contributed by atoms with E-state index in [0.29, 0.717) is 6.42 Å². The summed E-state index contributed by atoms with van der Waals surface area (Å²) in [4.78, 5) is 14.5. The molecule has 0 bridgehead atoms. The highest BCUT2D eigenvalue weighted by molar-refractivity contribution is 6.04. The largest absolute Gasteiger partial charge is 0.377 e. The molecule has 0 aromatic rings. The van der Waals surface area contributed by atoms with Crippen molar-refractivity contribution in [3.8, 4) is 6.07 Å². The summed E-state index contributed by atoms with van der Waals surface area (Å²) in [6, 6.07) is 2.28. The zero-order valence-corrected chi connectivity index (χ0v) is 11.9.